The van der Waals surface area contributed by atoms with E-state index in [-0.39, 0.29) is 12.5 Å². The number of carbonyl (C=O) groups excluding carboxylic acids is 1. The van der Waals surface area contributed by atoms with Crippen LogP contribution in [0.1, 0.15) is 18.2 Å². The standard InChI is InChI=1S/C15H15N3O4/c1-3-10-9(2)14(22-17-10)16-13(19)8-18-11-6-4-5-7-12(11)21-15(18)20/h4-7H,3,8H2,1-2H3,(H,16,19). The minimum absolute atomic E-state index is 0.155. The smallest absolute Gasteiger partial charge is 0.408 e. The van der Waals surface area contributed by atoms with E-state index >= 15 is 0 Å². The van der Waals surface area contributed by atoms with Gasteiger partial charge < -0.3 is 8.94 Å². The molecule has 0 saturated carbocycles. The Morgan fingerprint density at radius 3 is 2.86 bits per heavy atom. The number of hydrogen-bond acceptors (Lipinski definition) is 5. The molecule has 22 heavy (non-hydrogen) atoms. The first-order valence-corrected chi connectivity index (χ1v) is 6.93. The van der Waals surface area contributed by atoms with Gasteiger partial charge in [0.1, 0.15) is 6.54 Å². The summed E-state index contributed by atoms with van der Waals surface area (Å²) in [6, 6.07) is 6.95. The lowest BCUT2D eigenvalue weighted by atomic mass is 10.2. The van der Waals surface area contributed by atoms with Crippen molar-refractivity contribution in [1.29, 1.82) is 0 Å². The van der Waals surface area contributed by atoms with E-state index in [4.69, 9.17) is 8.94 Å². The normalized spacial score (nSPS) is 11.0. The van der Waals surface area contributed by atoms with Crippen LogP contribution >= 0.6 is 0 Å². The summed E-state index contributed by atoms with van der Waals surface area (Å²) in [5.41, 5.74) is 2.61. The Morgan fingerprint density at radius 1 is 1.36 bits per heavy atom. The number of carbonyl (C=O) groups is 1. The van der Waals surface area contributed by atoms with Gasteiger partial charge in [0.2, 0.25) is 11.8 Å². The lowest BCUT2D eigenvalue weighted by molar-refractivity contribution is -0.116. The van der Waals surface area contributed by atoms with Crippen LogP contribution in [0.25, 0.3) is 11.1 Å². The predicted octanol–water partition coefficient (Wildman–Crippen LogP) is 2.09. The summed E-state index contributed by atoms with van der Waals surface area (Å²) in [5, 5.41) is 6.50. The Hall–Kier alpha value is -2.83. The number of aryl methyl sites for hydroxylation is 1. The van der Waals surface area contributed by atoms with E-state index in [0.717, 1.165) is 17.7 Å². The average Bonchev–Trinajstić information content (AvgIpc) is 3.01. The van der Waals surface area contributed by atoms with Gasteiger partial charge in [-0.3, -0.25) is 14.7 Å². The third-order valence-corrected chi connectivity index (χ3v) is 3.48. The van der Waals surface area contributed by atoms with Crippen LogP contribution in [0.5, 0.6) is 0 Å². The molecule has 0 aliphatic rings. The summed E-state index contributed by atoms with van der Waals surface area (Å²) < 4.78 is 11.5. The van der Waals surface area contributed by atoms with Crippen molar-refractivity contribution < 1.29 is 13.7 Å². The third kappa shape index (κ3) is 2.41. The van der Waals surface area contributed by atoms with E-state index in [2.05, 4.69) is 10.5 Å². The van der Waals surface area contributed by atoms with Gasteiger partial charge in [0, 0.05) is 5.56 Å². The molecule has 0 aliphatic carbocycles. The number of nitrogens with one attached hydrogen (secondary N) is 1. The van der Waals surface area contributed by atoms with Gasteiger partial charge in [-0.05, 0) is 25.5 Å². The second kappa shape index (κ2) is 5.51. The van der Waals surface area contributed by atoms with Crippen molar-refractivity contribution >= 4 is 22.9 Å². The van der Waals surface area contributed by atoms with Crippen molar-refractivity contribution in [2.75, 3.05) is 5.32 Å². The van der Waals surface area contributed by atoms with E-state index in [1.54, 1.807) is 24.3 Å². The maximum Gasteiger partial charge on any atom is 0.420 e. The molecular formula is C15H15N3O4. The van der Waals surface area contributed by atoms with Gasteiger partial charge in [-0.1, -0.05) is 24.2 Å². The topological polar surface area (TPSA) is 90.3 Å². The zero-order valence-electron chi connectivity index (χ0n) is 12.3. The molecule has 0 unspecified atom stereocenters. The minimum atomic E-state index is -0.570. The predicted molar refractivity (Wildman–Crippen MR) is 79.7 cm³/mol. The Morgan fingerprint density at radius 2 is 2.14 bits per heavy atom. The van der Waals surface area contributed by atoms with E-state index in [9.17, 15) is 9.59 Å². The highest BCUT2D eigenvalue weighted by Gasteiger charge is 2.16. The molecule has 0 saturated heterocycles. The average molecular weight is 301 g/mol. The molecule has 1 N–H and O–H groups in total. The Kier molecular flexibility index (Phi) is 3.54. The van der Waals surface area contributed by atoms with Gasteiger partial charge in [0.25, 0.3) is 0 Å². The summed E-state index contributed by atoms with van der Waals surface area (Å²) in [6.45, 7) is 3.62. The first-order chi connectivity index (χ1) is 10.6. The van der Waals surface area contributed by atoms with Crippen LogP contribution in [-0.4, -0.2) is 15.6 Å². The Labute approximate surface area is 125 Å². The van der Waals surface area contributed by atoms with Crippen molar-refractivity contribution in [2.24, 2.45) is 0 Å². The maximum atomic E-state index is 12.1. The second-order valence-electron chi connectivity index (χ2n) is 4.91. The van der Waals surface area contributed by atoms with Crippen molar-refractivity contribution in [2.45, 2.75) is 26.8 Å². The molecule has 1 aromatic carbocycles. The molecular weight excluding hydrogens is 286 g/mol. The third-order valence-electron chi connectivity index (χ3n) is 3.48. The van der Waals surface area contributed by atoms with Crippen molar-refractivity contribution in [3.05, 3.63) is 46.1 Å². The number of para-hydroxylation sites is 2. The molecule has 114 valence electrons. The first-order valence-electron chi connectivity index (χ1n) is 6.93. The van der Waals surface area contributed by atoms with Crippen LogP contribution < -0.4 is 11.1 Å². The molecule has 3 aromatic rings. The van der Waals surface area contributed by atoms with Crippen LogP contribution in [0.2, 0.25) is 0 Å². The largest absolute Gasteiger partial charge is 0.420 e. The van der Waals surface area contributed by atoms with E-state index in [0.29, 0.717) is 17.0 Å². The number of benzene rings is 1. The molecule has 0 fully saturated rings. The summed E-state index contributed by atoms with van der Waals surface area (Å²) in [6.07, 6.45) is 0.719. The molecule has 0 spiro atoms. The van der Waals surface area contributed by atoms with Crippen LogP contribution in [0, 0.1) is 6.92 Å². The molecule has 0 atom stereocenters. The fourth-order valence-electron chi connectivity index (χ4n) is 2.29. The summed E-state index contributed by atoms with van der Waals surface area (Å²) in [7, 11) is 0. The fraction of sp³-hybridized carbons (Fsp3) is 0.267. The molecule has 7 heteroatoms. The van der Waals surface area contributed by atoms with Crippen molar-refractivity contribution in [1.82, 2.24) is 9.72 Å². The van der Waals surface area contributed by atoms with Crippen molar-refractivity contribution in [3.63, 3.8) is 0 Å². The fourth-order valence-corrected chi connectivity index (χ4v) is 2.29. The lowest BCUT2D eigenvalue weighted by Gasteiger charge is -2.03. The number of rotatable bonds is 4. The van der Waals surface area contributed by atoms with Gasteiger partial charge in [0.15, 0.2) is 5.58 Å². The van der Waals surface area contributed by atoms with Gasteiger partial charge in [-0.15, -0.1) is 0 Å². The van der Waals surface area contributed by atoms with E-state index < -0.39 is 5.76 Å². The van der Waals surface area contributed by atoms with Crippen LogP contribution in [0.4, 0.5) is 5.88 Å². The molecule has 7 nitrogen and oxygen atoms in total. The number of aromatic nitrogens is 2. The summed E-state index contributed by atoms with van der Waals surface area (Å²) in [4.78, 5) is 23.9. The monoisotopic (exact) mass is 301 g/mol. The maximum absolute atomic E-state index is 12.1. The van der Waals surface area contributed by atoms with Gasteiger partial charge in [-0.25, -0.2) is 4.79 Å². The zero-order valence-corrected chi connectivity index (χ0v) is 12.3. The minimum Gasteiger partial charge on any atom is -0.408 e. The quantitative estimate of drug-likeness (QED) is 0.797. The number of hydrogen-bond donors (Lipinski definition) is 1. The number of fused-ring (bicyclic) bond motifs is 1. The highest BCUT2D eigenvalue weighted by molar-refractivity contribution is 5.90. The van der Waals surface area contributed by atoms with Gasteiger partial charge >= 0.3 is 5.76 Å². The molecule has 2 aromatic heterocycles. The zero-order chi connectivity index (χ0) is 15.7. The lowest BCUT2D eigenvalue weighted by Crippen LogP contribution is -2.24. The molecule has 3 rings (SSSR count). The molecule has 2 heterocycles. The Balaban J connectivity index is 1.83. The molecule has 0 radical (unpaired) electrons. The molecule has 0 aliphatic heterocycles. The second-order valence-corrected chi connectivity index (χ2v) is 4.91. The van der Waals surface area contributed by atoms with Crippen LogP contribution in [0.15, 0.2) is 38.0 Å². The highest BCUT2D eigenvalue weighted by atomic mass is 16.5. The number of nitrogens with zero attached hydrogens (tertiary/aromatic N) is 2. The first kappa shape index (κ1) is 14.1. The summed E-state index contributed by atoms with van der Waals surface area (Å²) >= 11 is 0. The van der Waals surface area contributed by atoms with E-state index in [1.807, 2.05) is 13.8 Å². The SMILES string of the molecule is CCc1noc(NC(=O)Cn2c(=O)oc3ccccc32)c1C. The van der Waals surface area contributed by atoms with Crippen LogP contribution in [0.3, 0.4) is 0 Å². The van der Waals surface area contributed by atoms with Crippen LogP contribution in [-0.2, 0) is 17.8 Å². The summed E-state index contributed by atoms with van der Waals surface area (Å²) in [5.74, 6) is -0.641. The van der Waals surface area contributed by atoms with E-state index in [1.165, 1.54) is 4.57 Å². The Bertz CT molecular complexity index is 888. The van der Waals surface area contributed by atoms with Gasteiger partial charge in [0.05, 0.1) is 11.2 Å². The molecule has 1 amide bonds. The van der Waals surface area contributed by atoms with Gasteiger partial charge in [-0.2, -0.15) is 0 Å². The number of anilines is 1. The number of oxazole rings is 1. The molecule has 0 bridgehead atoms. The van der Waals surface area contributed by atoms with Crippen molar-refractivity contribution in [3.8, 4) is 0 Å². The highest BCUT2D eigenvalue weighted by Crippen LogP contribution is 2.19. The number of amides is 1.